The van der Waals surface area contributed by atoms with Crippen molar-refractivity contribution in [2.24, 2.45) is 7.05 Å². The second-order valence-corrected chi connectivity index (χ2v) is 6.13. The first-order chi connectivity index (χ1) is 10.5. The molecule has 0 atom stereocenters. The average Bonchev–Trinajstić information content (AvgIpc) is 3.10. The van der Waals surface area contributed by atoms with Crippen molar-refractivity contribution in [2.75, 3.05) is 4.72 Å². The summed E-state index contributed by atoms with van der Waals surface area (Å²) in [6.07, 6.45) is 3.76. The smallest absolute Gasteiger partial charge is 0.265 e. The monoisotopic (exact) mass is 322 g/mol. The fourth-order valence-corrected chi connectivity index (χ4v) is 2.97. The molecule has 0 amide bonds. The fraction of sp³-hybridized carbons (Fsp3) is 0.0833. The molecule has 0 bridgehead atoms. The van der Waals surface area contributed by atoms with E-state index in [1.54, 1.807) is 7.05 Å². The Labute approximate surface area is 125 Å². The van der Waals surface area contributed by atoms with Crippen LogP contribution in [0.4, 0.5) is 10.1 Å². The number of aromatic nitrogens is 5. The van der Waals surface area contributed by atoms with E-state index in [4.69, 9.17) is 0 Å². The van der Waals surface area contributed by atoms with Crippen molar-refractivity contribution >= 4 is 15.7 Å². The minimum absolute atomic E-state index is 0.00698. The molecule has 0 radical (unpaired) electrons. The Morgan fingerprint density at radius 2 is 2.18 bits per heavy atom. The van der Waals surface area contributed by atoms with Crippen molar-refractivity contribution in [1.82, 2.24) is 25.0 Å². The summed E-state index contributed by atoms with van der Waals surface area (Å²) in [5.74, 6) is -0.495. The number of aryl methyl sites for hydroxylation is 1. The zero-order valence-electron chi connectivity index (χ0n) is 11.4. The number of rotatable bonds is 4. The predicted molar refractivity (Wildman–Crippen MR) is 75.8 cm³/mol. The first kappa shape index (κ1) is 14.2. The van der Waals surface area contributed by atoms with Crippen molar-refractivity contribution in [2.45, 2.75) is 4.90 Å². The van der Waals surface area contributed by atoms with Gasteiger partial charge in [-0.1, -0.05) is 6.07 Å². The molecule has 0 aliphatic carbocycles. The van der Waals surface area contributed by atoms with Gasteiger partial charge in [-0.15, -0.1) is 0 Å². The number of hydrogen-bond acceptors (Lipinski definition) is 5. The van der Waals surface area contributed by atoms with Crippen LogP contribution in [0, 0.1) is 5.82 Å². The summed E-state index contributed by atoms with van der Waals surface area (Å²) in [5, 5.41) is 9.97. The predicted octanol–water partition coefficient (Wildman–Crippen LogP) is 1.15. The van der Waals surface area contributed by atoms with Gasteiger partial charge in [0.15, 0.2) is 5.82 Å². The number of H-pyrrole nitrogens is 1. The van der Waals surface area contributed by atoms with Gasteiger partial charge in [-0.25, -0.2) is 17.8 Å². The molecule has 0 aliphatic heterocycles. The van der Waals surface area contributed by atoms with Crippen molar-refractivity contribution in [3.8, 4) is 11.4 Å². The van der Waals surface area contributed by atoms with Crippen LogP contribution in [-0.4, -0.2) is 33.4 Å². The number of halogens is 1. The van der Waals surface area contributed by atoms with Gasteiger partial charge in [-0.3, -0.25) is 14.5 Å². The van der Waals surface area contributed by atoms with Gasteiger partial charge in [0.2, 0.25) is 0 Å². The molecule has 2 aromatic heterocycles. The molecule has 0 fully saturated rings. The number of aromatic amines is 1. The van der Waals surface area contributed by atoms with Gasteiger partial charge in [-0.05, 0) is 12.1 Å². The maximum Gasteiger partial charge on any atom is 0.265 e. The molecule has 0 saturated carbocycles. The molecule has 0 unspecified atom stereocenters. The van der Waals surface area contributed by atoms with E-state index in [2.05, 4.69) is 25.0 Å². The van der Waals surface area contributed by atoms with Crippen molar-refractivity contribution in [3.05, 3.63) is 42.7 Å². The Bertz CT molecular complexity index is 904. The Morgan fingerprint density at radius 1 is 1.36 bits per heavy atom. The van der Waals surface area contributed by atoms with E-state index >= 15 is 0 Å². The number of nitrogens with zero attached hydrogens (tertiary/aromatic N) is 4. The van der Waals surface area contributed by atoms with E-state index < -0.39 is 15.8 Å². The summed E-state index contributed by atoms with van der Waals surface area (Å²) in [6.45, 7) is 0. The summed E-state index contributed by atoms with van der Waals surface area (Å²) in [6, 6.07) is 4.05. The van der Waals surface area contributed by atoms with Crippen LogP contribution >= 0.6 is 0 Å². The summed E-state index contributed by atoms with van der Waals surface area (Å²) < 4.78 is 42.4. The van der Waals surface area contributed by atoms with Crippen LogP contribution in [0.15, 0.2) is 41.8 Å². The van der Waals surface area contributed by atoms with Gasteiger partial charge < -0.3 is 0 Å². The molecular weight excluding hydrogens is 311 g/mol. The van der Waals surface area contributed by atoms with Crippen LogP contribution in [0.5, 0.6) is 0 Å². The Morgan fingerprint density at radius 3 is 2.82 bits per heavy atom. The number of anilines is 1. The molecule has 8 nitrogen and oxygen atoms in total. The first-order valence-corrected chi connectivity index (χ1v) is 7.61. The number of nitrogens with one attached hydrogen (secondary N) is 2. The average molecular weight is 322 g/mol. The molecule has 0 saturated heterocycles. The summed E-state index contributed by atoms with van der Waals surface area (Å²) >= 11 is 0. The lowest BCUT2D eigenvalue weighted by Crippen LogP contribution is -2.13. The molecular formula is C12H11FN6O2S. The van der Waals surface area contributed by atoms with Gasteiger partial charge in [0.05, 0.1) is 17.4 Å². The third kappa shape index (κ3) is 2.55. The number of sulfonamides is 1. The Kier molecular flexibility index (Phi) is 3.37. The maximum atomic E-state index is 14.1. The summed E-state index contributed by atoms with van der Waals surface area (Å²) in [5.41, 5.74) is 0.0491. The van der Waals surface area contributed by atoms with Crippen LogP contribution in [0.25, 0.3) is 11.4 Å². The molecule has 3 rings (SSSR count). The van der Waals surface area contributed by atoms with E-state index in [-0.39, 0.29) is 22.0 Å². The Hall–Kier alpha value is -2.75. The molecule has 0 aliphatic rings. The summed E-state index contributed by atoms with van der Waals surface area (Å²) in [7, 11) is -2.29. The zero-order chi connectivity index (χ0) is 15.7. The van der Waals surface area contributed by atoms with Gasteiger partial charge >= 0.3 is 0 Å². The van der Waals surface area contributed by atoms with Crippen LogP contribution in [0.2, 0.25) is 0 Å². The SMILES string of the molecule is Cn1cc(S(=O)(=O)Nc2cccc(F)c2-c2ncn[nH]2)cn1. The quantitative estimate of drug-likeness (QED) is 0.749. The van der Waals surface area contributed by atoms with Gasteiger partial charge in [0.25, 0.3) is 10.0 Å². The third-order valence-corrected chi connectivity index (χ3v) is 4.22. The highest BCUT2D eigenvalue weighted by molar-refractivity contribution is 7.92. The topological polar surface area (TPSA) is 106 Å². The van der Waals surface area contributed by atoms with Gasteiger partial charge in [0, 0.05) is 13.2 Å². The molecule has 3 aromatic rings. The zero-order valence-corrected chi connectivity index (χ0v) is 12.2. The molecule has 10 heteroatoms. The lowest BCUT2D eigenvalue weighted by Gasteiger charge is -2.10. The fourth-order valence-electron chi connectivity index (χ4n) is 1.92. The lowest BCUT2D eigenvalue weighted by atomic mass is 10.1. The first-order valence-electron chi connectivity index (χ1n) is 6.13. The highest BCUT2D eigenvalue weighted by atomic mass is 32.2. The molecule has 2 heterocycles. The van der Waals surface area contributed by atoms with Crippen LogP contribution < -0.4 is 4.72 Å². The summed E-state index contributed by atoms with van der Waals surface area (Å²) in [4.78, 5) is 3.83. The van der Waals surface area contributed by atoms with E-state index in [0.717, 1.165) is 0 Å². The van der Waals surface area contributed by atoms with E-state index in [0.29, 0.717) is 0 Å². The van der Waals surface area contributed by atoms with Crippen molar-refractivity contribution in [1.29, 1.82) is 0 Å². The normalized spacial score (nSPS) is 11.5. The van der Waals surface area contributed by atoms with Crippen LogP contribution in [0.1, 0.15) is 0 Å². The molecule has 22 heavy (non-hydrogen) atoms. The minimum atomic E-state index is -3.88. The largest absolute Gasteiger partial charge is 0.279 e. The maximum absolute atomic E-state index is 14.1. The second kappa shape index (κ2) is 5.22. The molecule has 114 valence electrons. The number of hydrogen-bond donors (Lipinski definition) is 2. The van der Waals surface area contributed by atoms with Crippen molar-refractivity contribution < 1.29 is 12.8 Å². The highest BCUT2D eigenvalue weighted by Gasteiger charge is 2.21. The molecule has 1 aromatic carbocycles. The van der Waals surface area contributed by atoms with Crippen LogP contribution in [-0.2, 0) is 17.1 Å². The van der Waals surface area contributed by atoms with E-state index in [9.17, 15) is 12.8 Å². The van der Waals surface area contributed by atoms with E-state index in [1.807, 2.05) is 0 Å². The minimum Gasteiger partial charge on any atom is -0.279 e. The molecule has 0 spiro atoms. The van der Waals surface area contributed by atoms with Crippen molar-refractivity contribution in [3.63, 3.8) is 0 Å². The molecule has 2 N–H and O–H groups in total. The second-order valence-electron chi connectivity index (χ2n) is 4.45. The van der Waals surface area contributed by atoms with E-state index in [1.165, 1.54) is 41.6 Å². The third-order valence-electron chi connectivity index (χ3n) is 2.90. The Balaban J connectivity index is 2.05. The number of benzene rings is 1. The standard InChI is InChI=1S/C12H11FN6O2S/c1-19-6-8(5-16-19)22(20,21)18-10-4-2-3-9(13)11(10)12-14-7-15-17-12/h2-7,18H,1H3,(H,14,15,17). The van der Waals surface area contributed by atoms with Gasteiger partial charge in [0.1, 0.15) is 17.0 Å². The van der Waals surface area contributed by atoms with Crippen LogP contribution in [0.3, 0.4) is 0 Å². The highest BCUT2D eigenvalue weighted by Crippen LogP contribution is 2.29. The lowest BCUT2D eigenvalue weighted by molar-refractivity contribution is 0.601. The van der Waals surface area contributed by atoms with Gasteiger partial charge in [-0.2, -0.15) is 10.2 Å².